The average Bonchev–Trinajstić information content (AvgIpc) is 2.15. The fraction of sp³-hybridized carbons (Fsp3) is 0.889. The number of hydrogen-bond acceptors (Lipinski definition) is 4. The Morgan fingerprint density at radius 1 is 1.71 bits per heavy atom. The lowest BCUT2D eigenvalue weighted by Crippen LogP contribution is -2.53. The predicted molar refractivity (Wildman–Crippen MR) is 51.7 cm³/mol. The van der Waals surface area contributed by atoms with Crippen LogP contribution in [0.1, 0.15) is 13.8 Å². The molecule has 1 saturated heterocycles. The van der Waals surface area contributed by atoms with E-state index in [9.17, 15) is 9.90 Å². The minimum atomic E-state index is -1.31. The second kappa shape index (κ2) is 4.25. The lowest BCUT2D eigenvalue weighted by molar-refractivity contribution is -0.154. The summed E-state index contributed by atoms with van der Waals surface area (Å²) in [6.07, 6.45) is -0.102. The van der Waals surface area contributed by atoms with Crippen molar-refractivity contribution in [1.82, 2.24) is 4.90 Å². The summed E-state index contributed by atoms with van der Waals surface area (Å²) >= 11 is 0. The van der Waals surface area contributed by atoms with E-state index in [1.54, 1.807) is 4.90 Å². The topological polar surface area (TPSA) is 75.8 Å². The van der Waals surface area contributed by atoms with Gasteiger partial charge in [0.05, 0.1) is 12.7 Å². The van der Waals surface area contributed by atoms with Crippen LogP contribution in [-0.2, 0) is 9.53 Å². The highest BCUT2D eigenvalue weighted by atomic mass is 16.5. The minimum Gasteiger partial charge on any atom is -0.381 e. The molecule has 1 fully saturated rings. The number of rotatable bonds is 2. The highest BCUT2D eigenvalue weighted by Crippen LogP contribution is 2.11. The molecule has 1 unspecified atom stereocenters. The Morgan fingerprint density at radius 3 is 2.86 bits per heavy atom. The van der Waals surface area contributed by atoms with E-state index >= 15 is 0 Å². The van der Waals surface area contributed by atoms with E-state index in [1.165, 1.54) is 13.8 Å². The fourth-order valence-corrected chi connectivity index (χ4v) is 1.43. The van der Waals surface area contributed by atoms with Crippen molar-refractivity contribution in [3.05, 3.63) is 0 Å². The molecule has 82 valence electrons. The molecule has 1 atom stereocenters. The summed E-state index contributed by atoms with van der Waals surface area (Å²) in [5.41, 5.74) is 4.14. The molecule has 1 rings (SSSR count). The number of ether oxygens (including phenoxy) is 1. The molecule has 0 spiro atoms. The lowest BCUT2D eigenvalue weighted by atomic mass is 10.1. The van der Waals surface area contributed by atoms with Crippen LogP contribution >= 0.6 is 0 Å². The normalized spacial score (nSPS) is 23.7. The summed E-state index contributed by atoms with van der Waals surface area (Å²) in [6.45, 7) is 4.86. The molecule has 1 aliphatic rings. The van der Waals surface area contributed by atoms with Crippen molar-refractivity contribution in [3.63, 3.8) is 0 Å². The first-order valence-corrected chi connectivity index (χ1v) is 4.78. The summed E-state index contributed by atoms with van der Waals surface area (Å²) < 4.78 is 5.32. The molecule has 0 aliphatic carbocycles. The molecule has 0 radical (unpaired) electrons. The Labute approximate surface area is 83.8 Å². The number of nitrogens with two attached hydrogens (primary N) is 1. The summed E-state index contributed by atoms with van der Waals surface area (Å²) in [5, 5.41) is 9.53. The second-order valence-electron chi connectivity index (χ2n) is 4.04. The Kier molecular flexibility index (Phi) is 3.47. The predicted octanol–water partition coefficient (Wildman–Crippen LogP) is -1.06. The molecule has 5 nitrogen and oxygen atoms in total. The average molecular weight is 202 g/mol. The molecule has 1 amide bonds. The molecule has 0 aromatic heterocycles. The van der Waals surface area contributed by atoms with Crippen molar-refractivity contribution in [2.75, 3.05) is 26.2 Å². The monoisotopic (exact) mass is 202 g/mol. The van der Waals surface area contributed by atoms with Crippen LogP contribution in [0.25, 0.3) is 0 Å². The molecule has 0 aromatic carbocycles. The third-order valence-corrected chi connectivity index (χ3v) is 2.21. The van der Waals surface area contributed by atoms with Gasteiger partial charge < -0.3 is 20.5 Å². The Balaban J connectivity index is 2.56. The van der Waals surface area contributed by atoms with Gasteiger partial charge in [0.2, 0.25) is 0 Å². The molecule has 0 saturated carbocycles. The highest BCUT2D eigenvalue weighted by Gasteiger charge is 2.32. The summed E-state index contributed by atoms with van der Waals surface area (Å²) in [4.78, 5) is 13.3. The molecule has 14 heavy (non-hydrogen) atoms. The van der Waals surface area contributed by atoms with E-state index in [0.717, 1.165) is 0 Å². The Bertz CT molecular complexity index is 213. The molecule has 1 aliphatic heterocycles. The second-order valence-corrected chi connectivity index (χ2v) is 4.04. The third-order valence-electron chi connectivity index (χ3n) is 2.21. The number of nitrogens with zero attached hydrogens (tertiary/aromatic N) is 1. The quantitative estimate of drug-likeness (QED) is 0.598. The SMILES string of the molecule is CC(C)(O)C(=O)N1CCOC(CN)C1. The van der Waals surface area contributed by atoms with Crippen molar-refractivity contribution < 1.29 is 14.6 Å². The summed E-state index contributed by atoms with van der Waals surface area (Å²) in [5.74, 6) is -0.265. The van der Waals surface area contributed by atoms with Crippen LogP contribution in [0, 0.1) is 0 Å². The van der Waals surface area contributed by atoms with Crippen LogP contribution in [0.15, 0.2) is 0 Å². The maximum Gasteiger partial charge on any atom is 0.254 e. The third kappa shape index (κ3) is 2.67. The van der Waals surface area contributed by atoms with Gasteiger partial charge in [0.1, 0.15) is 5.60 Å². The number of morpholine rings is 1. The van der Waals surface area contributed by atoms with E-state index in [2.05, 4.69) is 0 Å². The van der Waals surface area contributed by atoms with Crippen molar-refractivity contribution in [2.45, 2.75) is 25.6 Å². The van der Waals surface area contributed by atoms with Crippen LogP contribution in [0.4, 0.5) is 0 Å². The van der Waals surface area contributed by atoms with Gasteiger partial charge in [0, 0.05) is 19.6 Å². The van der Waals surface area contributed by atoms with Crippen molar-refractivity contribution in [1.29, 1.82) is 0 Å². The van der Waals surface area contributed by atoms with Gasteiger partial charge in [-0.05, 0) is 13.8 Å². The molecule has 1 heterocycles. The van der Waals surface area contributed by atoms with Crippen LogP contribution in [0.5, 0.6) is 0 Å². The van der Waals surface area contributed by atoms with Gasteiger partial charge in [-0.25, -0.2) is 0 Å². The van der Waals surface area contributed by atoms with Gasteiger partial charge in [-0.3, -0.25) is 4.79 Å². The maximum absolute atomic E-state index is 11.7. The molecule has 0 aromatic rings. The van der Waals surface area contributed by atoms with Crippen LogP contribution in [0.3, 0.4) is 0 Å². The zero-order chi connectivity index (χ0) is 10.8. The molecule has 5 heteroatoms. The van der Waals surface area contributed by atoms with E-state index in [1.807, 2.05) is 0 Å². The Morgan fingerprint density at radius 2 is 2.36 bits per heavy atom. The maximum atomic E-state index is 11.7. The van der Waals surface area contributed by atoms with Gasteiger partial charge in [0.15, 0.2) is 0 Å². The van der Waals surface area contributed by atoms with E-state index in [4.69, 9.17) is 10.5 Å². The van der Waals surface area contributed by atoms with Gasteiger partial charge in [-0.1, -0.05) is 0 Å². The molecule has 0 bridgehead atoms. The van der Waals surface area contributed by atoms with E-state index < -0.39 is 5.60 Å². The molecular formula is C9H18N2O3. The number of amides is 1. The van der Waals surface area contributed by atoms with Crippen LogP contribution < -0.4 is 5.73 Å². The standard InChI is InChI=1S/C9H18N2O3/c1-9(2,13)8(12)11-3-4-14-7(5-10)6-11/h7,13H,3-6,10H2,1-2H3. The minimum absolute atomic E-state index is 0.102. The smallest absolute Gasteiger partial charge is 0.254 e. The summed E-state index contributed by atoms with van der Waals surface area (Å²) in [6, 6.07) is 0. The zero-order valence-corrected chi connectivity index (χ0v) is 8.69. The molecule has 3 N–H and O–H groups in total. The summed E-state index contributed by atoms with van der Waals surface area (Å²) in [7, 11) is 0. The highest BCUT2D eigenvalue weighted by molar-refractivity contribution is 5.84. The number of hydrogen-bond donors (Lipinski definition) is 2. The van der Waals surface area contributed by atoms with Gasteiger partial charge in [-0.2, -0.15) is 0 Å². The largest absolute Gasteiger partial charge is 0.381 e. The van der Waals surface area contributed by atoms with Crippen LogP contribution in [-0.4, -0.2) is 53.9 Å². The first kappa shape index (κ1) is 11.4. The van der Waals surface area contributed by atoms with E-state index in [-0.39, 0.29) is 12.0 Å². The van der Waals surface area contributed by atoms with Crippen molar-refractivity contribution in [3.8, 4) is 0 Å². The van der Waals surface area contributed by atoms with Crippen LogP contribution in [0.2, 0.25) is 0 Å². The van der Waals surface area contributed by atoms with Crippen molar-refractivity contribution >= 4 is 5.91 Å². The van der Waals surface area contributed by atoms with Gasteiger partial charge >= 0.3 is 0 Å². The number of aliphatic hydroxyl groups is 1. The lowest BCUT2D eigenvalue weighted by Gasteiger charge is -2.35. The zero-order valence-electron chi connectivity index (χ0n) is 8.69. The first-order chi connectivity index (χ1) is 6.45. The molecular weight excluding hydrogens is 184 g/mol. The number of carbonyl (C=O) groups excluding carboxylic acids is 1. The Hall–Kier alpha value is -0.650. The van der Waals surface area contributed by atoms with Gasteiger partial charge in [0.25, 0.3) is 5.91 Å². The fourth-order valence-electron chi connectivity index (χ4n) is 1.43. The first-order valence-electron chi connectivity index (χ1n) is 4.78. The van der Waals surface area contributed by atoms with Crippen molar-refractivity contribution in [2.24, 2.45) is 5.73 Å². The number of carbonyl (C=O) groups is 1. The van der Waals surface area contributed by atoms with Gasteiger partial charge in [-0.15, -0.1) is 0 Å². The van der Waals surface area contributed by atoms with E-state index in [0.29, 0.717) is 26.2 Å².